The van der Waals surface area contributed by atoms with Crippen molar-refractivity contribution in [3.8, 4) is 5.75 Å². The number of hydrogen-bond donors (Lipinski definition) is 2. The number of hydrogen-bond acceptors (Lipinski definition) is 5. The molecule has 0 radical (unpaired) electrons. The minimum Gasteiger partial charge on any atom is -0.497 e. The number of carbonyl (C=O) groups is 3. The van der Waals surface area contributed by atoms with E-state index in [9.17, 15) is 14.4 Å². The van der Waals surface area contributed by atoms with E-state index in [2.05, 4.69) is 17.6 Å². The molecule has 2 saturated carbocycles. The Kier molecular flexibility index (Phi) is 6.70. The van der Waals surface area contributed by atoms with Crippen LogP contribution in [0.3, 0.4) is 0 Å². The predicted molar refractivity (Wildman–Crippen MR) is 142 cm³/mol. The Morgan fingerprint density at radius 2 is 1.71 bits per heavy atom. The molecule has 2 saturated heterocycles. The molecule has 6 rings (SSSR count). The standard InChI is InChI=1S/C30H39N3O5/c1-18-8-6-7-11-22(18)33-26(28(35)32-19-9-4-3-5-10-19)30-17-16-23(38-30)24(25(30)29(33)36)27(34)31-20-12-14-21(37-2)15-13-20/h12-19,22-26H,3-11H2,1-2H3,(H,31,34)(H,32,35)/t18?,22?,23-,24?,25-,26?,30?/m0/s1. The molecule has 8 nitrogen and oxygen atoms in total. The number of likely N-dealkylation sites (tertiary alicyclic amines) is 1. The second kappa shape index (κ2) is 10.0. The number of anilines is 1. The number of amides is 3. The van der Waals surface area contributed by atoms with Crippen molar-refractivity contribution in [3.05, 3.63) is 36.4 Å². The van der Waals surface area contributed by atoms with E-state index in [0.717, 1.165) is 51.4 Å². The third-order valence-corrected chi connectivity index (χ3v) is 9.60. The summed E-state index contributed by atoms with van der Waals surface area (Å²) in [6, 6.07) is 6.48. The van der Waals surface area contributed by atoms with Crippen molar-refractivity contribution >= 4 is 23.4 Å². The van der Waals surface area contributed by atoms with Gasteiger partial charge in [0.15, 0.2) is 0 Å². The second-order valence-electron chi connectivity index (χ2n) is 11.8. The Balaban J connectivity index is 1.31. The Hall–Kier alpha value is -2.87. The monoisotopic (exact) mass is 521 g/mol. The van der Waals surface area contributed by atoms with Crippen LogP contribution in [0.25, 0.3) is 0 Å². The smallest absolute Gasteiger partial charge is 0.246 e. The minimum atomic E-state index is -1.11. The summed E-state index contributed by atoms with van der Waals surface area (Å²) in [4.78, 5) is 43.8. The molecule has 5 aliphatic rings. The van der Waals surface area contributed by atoms with Crippen LogP contribution in [0, 0.1) is 17.8 Å². The van der Waals surface area contributed by atoms with Crippen LogP contribution in [0.2, 0.25) is 0 Å². The maximum absolute atomic E-state index is 14.3. The highest BCUT2D eigenvalue weighted by Crippen LogP contribution is 2.56. The first-order valence-corrected chi connectivity index (χ1v) is 14.4. The number of fused-ring (bicyclic) bond motifs is 1. The van der Waals surface area contributed by atoms with E-state index in [0.29, 0.717) is 17.4 Å². The third-order valence-electron chi connectivity index (χ3n) is 9.60. The van der Waals surface area contributed by atoms with Gasteiger partial charge in [0.1, 0.15) is 17.4 Å². The van der Waals surface area contributed by atoms with Gasteiger partial charge < -0.3 is 25.0 Å². The largest absolute Gasteiger partial charge is 0.497 e. The van der Waals surface area contributed by atoms with Gasteiger partial charge in [0.25, 0.3) is 0 Å². The Bertz CT molecular complexity index is 1110. The summed E-state index contributed by atoms with van der Waals surface area (Å²) in [5.41, 5.74) is -0.481. The maximum Gasteiger partial charge on any atom is 0.246 e. The van der Waals surface area contributed by atoms with Gasteiger partial charge in [0, 0.05) is 17.8 Å². The summed E-state index contributed by atoms with van der Waals surface area (Å²) in [5.74, 6) is -0.921. The molecule has 3 amide bonds. The zero-order chi connectivity index (χ0) is 26.4. The lowest BCUT2D eigenvalue weighted by molar-refractivity contribution is -0.146. The first-order valence-electron chi connectivity index (χ1n) is 14.4. The molecule has 3 heterocycles. The lowest BCUT2D eigenvalue weighted by atomic mass is 9.74. The molecule has 8 heteroatoms. The highest BCUT2D eigenvalue weighted by molar-refractivity contribution is 6.03. The van der Waals surface area contributed by atoms with Gasteiger partial charge in [-0.1, -0.05) is 51.2 Å². The molecule has 1 spiro atoms. The number of rotatable bonds is 6. The van der Waals surface area contributed by atoms with Crippen LogP contribution in [0.4, 0.5) is 5.69 Å². The zero-order valence-electron chi connectivity index (χ0n) is 22.4. The average Bonchev–Trinajstić information content (AvgIpc) is 3.57. The van der Waals surface area contributed by atoms with E-state index in [-0.39, 0.29) is 29.8 Å². The van der Waals surface area contributed by atoms with Crippen molar-refractivity contribution in [1.29, 1.82) is 0 Å². The van der Waals surface area contributed by atoms with E-state index < -0.39 is 29.6 Å². The van der Waals surface area contributed by atoms with Crippen molar-refractivity contribution in [2.75, 3.05) is 12.4 Å². The molecule has 0 aromatic heterocycles. The van der Waals surface area contributed by atoms with Crippen LogP contribution in [0.5, 0.6) is 5.75 Å². The van der Waals surface area contributed by atoms with E-state index in [1.165, 1.54) is 6.42 Å². The number of nitrogens with zero attached hydrogens (tertiary/aromatic N) is 1. The van der Waals surface area contributed by atoms with Crippen LogP contribution in [0.1, 0.15) is 64.7 Å². The molecule has 7 atom stereocenters. The molecule has 5 unspecified atom stereocenters. The van der Waals surface area contributed by atoms with Gasteiger partial charge in [-0.15, -0.1) is 0 Å². The highest BCUT2D eigenvalue weighted by Gasteiger charge is 2.73. The lowest BCUT2D eigenvalue weighted by Gasteiger charge is -2.42. The summed E-state index contributed by atoms with van der Waals surface area (Å²) in [7, 11) is 1.59. The zero-order valence-corrected chi connectivity index (χ0v) is 22.4. The van der Waals surface area contributed by atoms with Crippen LogP contribution in [-0.4, -0.2) is 59.6 Å². The van der Waals surface area contributed by atoms with E-state index >= 15 is 0 Å². The molecule has 204 valence electrons. The SMILES string of the molecule is COc1ccc(NC(=O)C2[C@@H]3C=CC4(O3)C(C(=O)NC3CCCCC3)N(C3CCCCC3C)C(=O)[C@H]24)cc1. The van der Waals surface area contributed by atoms with Crippen LogP contribution in [0.15, 0.2) is 36.4 Å². The Morgan fingerprint density at radius 3 is 2.42 bits per heavy atom. The van der Waals surface area contributed by atoms with Gasteiger partial charge in [-0.3, -0.25) is 14.4 Å². The molecule has 2 N–H and O–H groups in total. The van der Waals surface area contributed by atoms with E-state index in [4.69, 9.17) is 9.47 Å². The highest BCUT2D eigenvalue weighted by atomic mass is 16.5. The van der Waals surface area contributed by atoms with Crippen molar-refractivity contribution < 1.29 is 23.9 Å². The summed E-state index contributed by atoms with van der Waals surface area (Å²) in [6.07, 6.45) is 12.7. The van der Waals surface area contributed by atoms with Gasteiger partial charge in [-0.25, -0.2) is 0 Å². The van der Waals surface area contributed by atoms with Crippen molar-refractivity contribution in [3.63, 3.8) is 0 Å². The number of ether oxygens (including phenoxy) is 2. The fourth-order valence-electron chi connectivity index (χ4n) is 7.70. The first kappa shape index (κ1) is 25.4. The van der Waals surface area contributed by atoms with Gasteiger partial charge in [0.2, 0.25) is 17.7 Å². The topological polar surface area (TPSA) is 97.0 Å². The van der Waals surface area contributed by atoms with Gasteiger partial charge in [-0.2, -0.15) is 0 Å². The molecule has 1 aromatic carbocycles. The Morgan fingerprint density at radius 1 is 1.00 bits per heavy atom. The first-order chi connectivity index (χ1) is 18.4. The molecule has 38 heavy (non-hydrogen) atoms. The van der Waals surface area contributed by atoms with Crippen LogP contribution < -0.4 is 15.4 Å². The second-order valence-corrected chi connectivity index (χ2v) is 11.8. The summed E-state index contributed by atoms with van der Waals surface area (Å²) < 4.78 is 11.7. The summed E-state index contributed by atoms with van der Waals surface area (Å²) >= 11 is 0. The van der Waals surface area contributed by atoms with Crippen LogP contribution >= 0.6 is 0 Å². The maximum atomic E-state index is 14.3. The van der Waals surface area contributed by atoms with E-state index in [1.807, 2.05) is 17.1 Å². The molecule has 4 fully saturated rings. The molecule has 2 aliphatic carbocycles. The normalized spacial score (nSPS) is 36.3. The fourth-order valence-corrected chi connectivity index (χ4v) is 7.70. The third kappa shape index (κ3) is 4.12. The van der Waals surface area contributed by atoms with Crippen molar-refractivity contribution in [2.24, 2.45) is 17.8 Å². The molecule has 3 aliphatic heterocycles. The summed E-state index contributed by atoms with van der Waals surface area (Å²) in [6.45, 7) is 2.18. The number of nitrogens with one attached hydrogen (secondary N) is 2. The minimum absolute atomic E-state index is 0.0281. The quantitative estimate of drug-likeness (QED) is 0.555. The predicted octanol–water partition coefficient (Wildman–Crippen LogP) is 3.81. The van der Waals surface area contributed by atoms with Gasteiger partial charge in [-0.05, 0) is 55.9 Å². The molecule has 2 bridgehead atoms. The van der Waals surface area contributed by atoms with E-state index in [1.54, 1.807) is 31.4 Å². The van der Waals surface area contributed by atoms with Crippen molar-refractivity contribution in [1.82, 2.24) is 10.2 Å². The molecule has 1 aromatic rings. The Labute approximate surface area is 224 Å². The molecular weight excluding hydrogens is 482 g/mol. The van der Waals surface area contributed by atoms with Crippen LogP contribution in [-0.2, 0) is 19.1 Å². The molecular formula is C30H39N3O5. The van der Waals surface area contributed by atoms with Crippen molar-refractivity contribution in [2.45, 2.75) is 94.5 Å². The number of carbonyl (C=O) groups excluding carboxylic acids is 3. The average molecular weight is 522 g/mol. The number of methoxy groups -OCH3 is 1. The summed E-state index contributed by atoms with van der Waals surface area (Å²) in [5, 5.41) is 6.27. The van der Waals surface area contributed by atoms with Gasteiger partial charge >= 0.3 is 0 Å². The number of benzene rings is 1. The fraction of sp³-hybridized carbons (Fsp3) is 0.633. The van der Waals surface area contributed by atoms with Gasteiger partial charge in [0.05, 0.1) is 25.0 Å². The lowest BCUT2D eigenvalue weighted by Crippen LogP contribution is -2.59.